The lowest BCUT2D eigenvalue weighted by molar-refractivity contribution is -0.143. The first kappa shape index (κ1) is 18.6. The lowest BCUT2D eigenvalue weighted by atomic mass is 9.98. The van der Waals surface area contributed by atoms with Gasteiger partial charge in [-0.1, -0.05) is 50.6 Å². The minimum Gasteiger partial charge on any atom is -0.445 e. The summed E-state index contributed by atoms with van der Waals surface area (Å²) in [5.74, 6) is -0.344. The fraction of sp³-hybridized carbons (Fsp3) is 0.500. The Hall–Kier alpha value is -2.75. The van der Waals surface area contributed by atoms with E-state index in [1.807, 2.05) is 50.4 Å². The van der Waals surface area contributed by atoms with Gasteiger partial charge in [-0.15, -0.1) is 0 Å². The molecule has 0 aliphatic carbocycles. The topological polar surface area (TPSA) is 85.7 Å². The molecule has 1 saturated heterocycles. The largest absolute Gasteiger partial charge is 0.445 e. The van der Waals surface area contributed by atoms with Gasteiger partial charge in [-0.2, -0.15) is 5.26 Å². The fourth-order valence-electron chi connectivity index (χ4n) is 2.68. The fourth-order valence-corrected chi connectivity index (χ4v) is 2.68. The third kappa shape index (κ3) is 4.86. The molecule has 25 heavy (non-hydrogen) atoms. The number of amides is 2. The van der Waals surface area contributed by atoms with E-state index >= 15 is 0 Å². The second-order valence-corrected chi connectivity index (χ2v) is 6.11. The predicted molar refractivity (Wildman–Crippen MR) is 91.7 cm³/mol. The number of carbonyl (C=O) groups is 2. The van der Waals surface area contributed by atoms with Crippen molar-refractivity contribution >= 4 is 12.0 Å². The summed E-state index contributed by atoms with van der Waals surface area (Å²) in [5.41, 5.74) is 0.874. The molecule has 1 aromatic rings. The minimum absolute atomic E-state index is 0.0714. The van der Waals surface area contributed by atoms with Crippen LogP contribution in [0.4, 0.5) is 4.79 Å². The average Bonchev–Trinajstić information content (AvgIpc) is 3.13. The van der Waals surface area contributed by atoms with Crippen molar-refractivity contribution < 1.29 is 14.3 Å². The first-order valence-corrected chi connectivity index (χ1v) is 8.52. The van der Waals surface area contributed by atoms with Gasteiger partial charge in [0.1, 0.15) is 12.6 Å². The van der Waals surface area contributed by atoms with Crippen LogP contribution in [0.2, 0.25) is 0 Å². The molecule has 2 amide bonds. The van der Waals surface area contributed by atoms with Crippen LogP contribution in [0.25, 0.3) is 0 Å². The van der Waals surface area contributed by atoms with Crippen molar-refractivity contribution in [3.8, 4) is 6.19 Å². The van der Waals surface area contributed by atoms with E-state index in [0.717, 1.165) is 18.4 Å². The number of carbonyl (C=O) groups excluding carboxylic acids is 2. The maximum absolute atomic E-state index is 12.8. The standard InChI is InChI=1S/C18H24N4O3/c1-3-14(2)16(17(23)22-11-7-10-21(22)13-19)20-18(24)25-12-15-8-5-4-6-9-15/h4-6,8-9,14,16H,3,7,10-12H2,1-2H3,(H,20,24). The predicted octanol–water partition coefficient (Wildman–Crippen LogP) is 2.26. The molecule has 7 nitrogen and oxygen atoms in total. The summed E-state index contributed by atoms with van der Waals surface area (Å²) in [6.07, 6.45) is 2.83. The number of ether oxygens (including phenoxy) is 1. The van der Waals surface area contributed by atoms with E-state index in [1.54, 1.807) is 0 Å². The van der Waals surface area contributed by atoms with Crippen LogP contribution in [0.3, 0.4) is 0 Å². The molecular weight excluding hydrogens is 320 g/mol. The molecule has 2 rings (SSSR count). The Balaban J connectivity index is 1.98. The Morgan fingerprint density at radius 2 is 2.04 bits per heavy atom. The van der Waals surface area contributed by atoms with Gasteiger partial charge < -0.3 is 10.1 Å². The number of hydrogen-bond acceptors (Lipinski definition) is 5. The maximum atomic E-state index is 12.8. The van der Waals surface area contributed by atoms with E-state index in [0.29, 0.717) is 13.1 Å². The van der Waals surface area contributed by atoms with Crippen LogP contribution in [-0.2, 0) is 16.1 Å². The summed E-state index contributed by atoms with van der Waals surface area (Å²) in [4.78, 5) is 24.9. The molecule has 1 aromatic carbocycles. The van der Waals surface area contributed by atoms with Crippen LogP contribution in [0.5, 0.6) is 0 Å². The molecule has 0 radical (unpaired) electrons. The van der Waals surface area contributed by atoms with E-state index in [4.69, 9.17) is 10.00 Å². The highest BCUT2D eigenvalue weighted by molar-refractivity contribution is 5.86. The van der Waals surface area contributed by atoms with Crippen LogP contribution < -0.4 is 5.32 Å². The first-order valence-electron chi connectivity index (χ1n) is 8.52. The summed E-state index contributed by atoms with van der Waals surface area (Å²) in [6, 6.07) is 8.62. The van der Waals surface area contributed by atoms with Crippen LogP contribution in [0.15, 0.2) is 30.3 Å². The lowest BCUT2D eigenvalue weighted by Crippen LogP contribution is -2.53. The van der Waals surface area contributed by atoms with E-state index in [2.05, 4.69) is 5.32 Å². The second-order valence-electron chi connectivity index (χ2n) is 6.11. The molecule has 1 N–H and O–H groups in total. The molecule has 1 aliphatic rings. The van der Waals surface area contributed by atoms with Gasteiger partial charge in [-0.3, -0.25) is 4.79 Å². The summed E-state index contributed by atoms with van der Waals surface area (Å²) in [6.45, 7) is 5.00. The molecule has 7 heteroatoms. The Kier molecular flexibility index (Phi) is 6.63. The van der Waals surface area contributed by atoms with Crippen molar-refractivity contribution in [1.82, 2.24) is 15.3 Å². The molecule has 0 bridgehead atoms. The van der Waals surface area contributed by atoms with Crippen LogP contribution in [-0.4, -0.2) is 41.1 Å². The normalized spacial score (nSPS) is 16.0. The van der Waals surface area contributed by atoms with Crippen molar-refractivity contribution in [2.75, 3.05) is 13.1 Å². The first-order chi connectivity index (χ1) is 12.1. The van der Waals surface area contributed by atoms with E-state index in [9.17, 15) is 9.59 Å². The number of rotatable bonds is 6. The summed E-state index contributed by atoms with van der Waals surface area (Å²) >= 11 is 0. The van der Waals surface area contributed by atoms with Gasteiger partial charge in [0, 0.05) is 6.54 Å². The Bertz CT molecular complexity index is 629. The molecule has 2 atom stereocenters. The molecule has 2 unspecified atom stereocenters. The van der Waals surface area contributed by atoms with Gasteiger partial charge in [-0.05, 0) is 17.9 Å². The highest BCUT2D eigenvalue weighted by Crippen LogP contribution is 2.16. The Morgan fingerprint density at radius 1 is 1.32 bits per heavy atom. The van der Waals surface area contributed by atoms with Gasteiger partial charge in [0.2, 0.25) is 0 Å². The minimum atomic E-state index is -0.720. The van der Waals surface area contributed by atoms with Crippen molar-refractivity contribution in [2.45, 2.75) is 39.3 Å². The zero-order valence-corrected chi connectivity index (χ0v) is 14.6. The third-order valence-electron chi connectivity index (χ3n) is 4.37. The quantitative estimate of drug-likeness (QED) is 0.800. The van der Waals surface area contributed by atoms with Crippen molar-refractivity contribution in [1.29, 1.82) is 5.26 Å². The average molecular weight is 344 g/mol. The number of nitrogens with zero attached hydrogens (tertiary/aromatic N) is 3. The summed E-state index contributed by atoms with van der Waals surface area (Å²) in [5, 5.41) is 14.5. The highest BCUT2D eigenvalue weighted by atomic mass is 16.5. The summed E-state index contributed by atoms with van der Waals surface area (Å²) < 4.78 is 5.22. The molecular formula is C18H24N4O3. The number of nitriles is 1. The van der Waals surface area contributed by atoms with Crippen LogP contribution >= 0.6 is 0 Å². The molecule has 1 aliphatic heterocycles. The monoisotopic (exact) mass is 344 g/mol. The second kappa shape index (κ2) is 8.92. The van der Waals surface area contributed by atoms with Crippen LogP contribution in [0.1, 0.15) is 32.3 Å². The van der Waals surface area contributed by atoms with Gasteiger partial charge in [-0.25, -0.2) is 14.8 Å². The number of alkyl carbamates (subject to hydrolysis) is 1. The molecule has 0 aromatic heterocycles. The van der Waals surface area contributed by atoms with Gasteiger partial charge >= 0.3 is 6.09 Å². The van der Waals surface area contributed by atoms with Crippen molar-refractivity contribution in [2.24, 2.45) is 5.92 Å². The number of nitrogens with one attached hydrogen (secondary N) is 1. The maximum Gasteiger partial charge on any atom is 0.408 e. The molecule has 134 valence electrons. The molecule has 0 saturated carbocycles. The van der Waals surface area contributed by atoms with Gasteiger partial charge in [0.05, 0.1) is 6.54 Å². The zero-order valence-electron chi connectivity index (χ0n) is 14.6. The molecule has 1 fully saturated rings. The van der Waals surface area contributed by atoms with Crippen molar-refractivity contribution in [3.63, 3.8) is 0 Å². The Morgan fingerprint density at radius 3 is 2.68 bits per heavy atom. The number of benzene rings is 1. The zero-order chi connectivity index (χ0) is 18.2. The van der Waals surface area contributed by atoms with E-state index < -0.39 is 12.1 Å². The SMILES string of the molecule is CCC(C)C(NC(=O)OCc1ccccc1)C(=O)N1CCCN1C#N. The Labute approximate surface area is 148 Å². The lowest BCUT2D eigenvalue weighted by Gasteiger charge is -2.30. The summed E-state index contributed by atoms with van der Waals surface area (Å²) in [7, 11) is 0. The van der Waals surface area contributed by atoms with Gasteiger partial charge in [0.25, 0.3) is 5.91 Å². The number of hydrogen-bond donors (Lipinski definition) is 1. The van der Waals surface area contributed by atoms with E-state index in [1.165, 1.54) is 10.0 Å². The smallest absolute Gasteiger partial charge is 0.408 e. The third-order valence-corrected chi connectivity index (χ3v) is 4.37. The number of hydrazine groups is 1. The van der Waals surface area contributed by atoms with Crippen molar-refractivity contribution in [3.05, 3.63) is 35.9 Å². The highest BCUT2D eigenvalue weighted by Gasteiger charge is 2.35. The molecule has 0 spiro atoms. The van der Waals surface area contributed by atoms with Gasteiger partial charge in [0.15, 0.2) is 6.19 Å². The van der Waals surface area contributed by atoms with Crippen LogP contribution in [0, 0.1) is 17.4 Å². The molecule has 1 heterocycles. The van der Waals surface area contributed by atoms with E-state index in [-0.39, 0.29) is 18.4 Å².